The summed E-state index contributed by atoms with van der Waals surface area (Å²) in [5.41, 5.74) is 0. The zero-order valence-electron chi connectivity index (χ0n) is 11.7. The van der Waals surface area contributed by atoms with Gasteiger partial charge in [-0.15, -0.1) is 11.6 Å². The minimum absolute atomic E-state index is 0.366. The van der Waals surface area contributed by atoms with Gasteiger partial charge < -0.3 is 18.9 Å². The van der Waals surface area contributed by atoms with Crippen molar-refractivity contribution < 1.29 is 37.7 Å². The molecule has 9 heteroatoms. The predicted molar refractivity (Wildman–Crippen MR) is 67.2 cm³/mol. The zero-order valence-corrected chi connectivity index (χ0v) is 12.5. The second kappa shape index (κ2) is 7.56. The van der Waals surface area contributed by atoms with Gasteiger partial charge in [0, 0.05) is 20.8 Å². The van der Waals surface area contributed by atoms with Crippen LogP contribution >= 0.6 is 11.6 Å². The smallest absolute Gasteiger partial charge is 0.303 e. The molecule has 0 saturated carbocycles. The lowest BCUT2D eigenvalue weighted by Gasteiger charge is -2.40. The Kier molecular flexibility index (Phi) is 6.35. The number of esters is 3. The maximum Gasteiger partial charge on any atom is 0.303 e. The van der Waals surface area contributed by atoms with E-state index in [-0.39, 0.29) is 6.61 Å². The average Bonchev–Trinajstić information content (AvgIpc) is 2.35. The van der Waals surface area contributed by atoms with Gasteiger partial charge in [-0.3, -0.25) is 14.4 Å². The third-order valence-corrected chi connectivity index (χ3v) is 3.06. The fourth-order valence-corrected chi connectivity index (χ4v) is 2.11. The molecule has 7 nitrogen and oxygen atoms in total. The van der Waals surface area contributed by atoms with Crippen molar-refractivity contribution in [1.29, 1.82) is 0 Å². The Morgan fingerprint density at radius 1 is 1.05 bits per heavy atom. The van der Waals surface area contributed by atoms with E-state index in [9.17, 15) is 18.8 Å². The van der Waals surface area contributed by atoms with E-state index in [1.165, 1.54) is 0 Å². The first-order valence-electron chi connectivity index (χ1n) is 6.13. The number of rotatable bonds is 4. The van der Waals surface area contributed by atoms with E-state index in [1.807, 2.05) is 0 Å². The summed E-state index contributed by atoms with van der Waals surface area (Å²) < 4.78 is 33.3. The lowest BCUT2D eigenvalue weighted by Crippen LogP contribution is -2.58. The highest BCUT2D eigenvalue weighted by Gasteiger charge is 2.49. The van der Waals surface area contributed by atoms with Gasteiger partial charge >= 0.3 is 17.9 Å². The first-order valence-corrected chi connectivity index (χ1v) is 6.57. The molecule has 5 atom stereocenters. The first-order chi connectivity index (χ1) is 9.72. The summed E-state index contributed by atoms with van der Waals surface area (Å²) in [5, 5.41) is -1.35. The number of hydrogen-bond acceptors (Lipinski definition) is 7. The summed E-state index contributed by atoms with van der Waals surface area (Å²) in [5.74, 6) is -2.04. The van der Waals surface area contributed by atoms with Crippen LogP contribution in [0.3, 0.4) is 0 Å². The minimum Gasteiger partial charge on any atom is -0.463 e. The van der Waals surface area contributed by atoms with Gasteiger partial charge in [0.05, 0.1) is 0 Å². The fraction of sp³-hybridized carbons (Fsp3) is 0.750. The Morgan fingerprint density at radius 3 is 2.05 bits per heavy atom. The van der Waals surface area contributed by atoms with E-state index in [4.69, 9.17) is 30.5 Å². The normalized spacial score (nSPS) is 32.1. The third kappa shape index (κ3) is 5.13. The number of ether oxygens (including phenoxy) is 4. The molecule has 1 rings (SSSR count). The maximum atomic E-state index is 13.7. The molecular weight excluding hydrogens is 311 g/mol. The van der Waals surface area contributed by atoms with Crippen molar-refractivity contribution in [2.24, 2.45) is 0 Å². The maximum absolute atomic E-state index is 13.7. The molecular formula is C12H16ClFO7. The molecule has 0 aliphatic carbocycles. The number of carbonyl (C=O) groups excluding carboxylic acids is 3. The van der Waals surface area contributed by atoms with Crippen LogP contribution in [-0.2, 0) is 33.3 Å². The Morgan fingerprint density at radius 2 is 1.57 bits per heavy atom. The topological polar surface area (TPSA) is 88.1 Å². The second-order valence-electron chi connectivity index (χ2n) is 4.42. The molecule has 120 valence electrons. The molecule has 0 aromatic rings. The molecule has 0 aromatic heterocycles. The van der Waals surface area contributed by atoms with Crippen LogP contribution in [0.1, 0.15) is 20.8 Å². The van der Waals surface area contributed by atoms with Crippen molar-refractivity contribution >= 4 is 29.5 Å². The summed E-state index contributed by atoms with van der Waals surface area (Å²) in [4.78, 5) is 33.1. The molecule has 0 aromatic carbocycles. The molecule has 21 heavy (non-hydrogen) atoms. The molecule has 1 aliphatic heterocycles. The number of carbonyl (C=O) groups is 3. The quantitative estimate of drug-likeness (QED) is 0.427. The molecule has 1 saturated heterocycles. The number of alkyl halides is 2. The van der Waals surface area contributed by atoms with Crippen molar-refractivity contribution in [2.45, 2.75) is 50.8 Å². The molecule has 0 unspecified atom stereocenters. The molecule has 1 heterocycles. The van der Waals surface area contributed by atoms with Crippen LogP contribution in [0.4, 0.5) is 4.39 Å². The highest BCUT2D eigenvalue weighted by molar-refractivity contribution is 6.21. The van der Waals surface area contributed by atoms with Gasteiger partial charge in [-0.25, -0.2) is 4.39 Å². The Hall–Kier alpha value is -1.41. The summed E-state index contributed by atoms with van der Waals surface area (Å²) in [6.45, 7) is 3.02. The summed E-state index contributed by atoms with van der Waals surface area (Å²) >= 11 is 5.81. The van der Waals surface area contributed by atoms with E-state index in [0.717, 1.165) is 20.8 Å². The van der Waals surface area contributed by atoms with Crippen LogP contribution < -0.4 is 0 Å². The Balaban J connectivity index is 2.94. The van der Waals surface area contributed by atoms with Crippen molar-refractivity contribution in [2.75, 3.05) is 6.61 Å². The van der Waals surface area contributed by atoms with Crippen LogP contribution in [0, 0.1) is 0 Å². The standard InChI is InChI=1S/C12H16ClFO7/c1-5(15)18-4-8-10(19-6(2)16)11(20-7(3)17)9(13)12(14)21-8/h8-12H,4H2,1-3H3/t8-,9-,10-,11-,12+/m1/s1. The average molecular weight is 327 g/mol. The monoisotopic (exact) mass is 326 g/mol. The van der Waals surface area contributed by atoms with Gasteiger partial charge in [-0.2, -0.15) is 0 Å². The molecule has 1 aliphatic rings. The summed E-state index contributed by atoms with van der Waals surface area (Å²) in [6.07, 6.45) is -5.53. The van der Waals surface area contributed by atoms with Gasteiger partial charge in [-0.05, 0) is 0 Å². The van der Waals surface area contributed by atoms with E-state index in [2.05, 4.69) is 0 Å². The van der Waals surface area contributed by atoms with Crippen molar-refractivity contribution in [3.63, 3.8) is 0 Å². The van der Waals surface area contributed by atoms with E-state index in [1.54, 1.807) is 0 Å². The molecule has 0 amide bonds. The largest absolute Gasteiger partial charge is 0.463 e. The first kappa shape index (κ1) is 17.6. The van der Waals surface area contributed by atoms with Crippen LogP contribution in [0.15, 0.2) is 0 Å². The molecule has 0 spiro atoms. The van der Waals surface area contributed by atoms with Gasteiger partial charge in [0.1, 0.15) is 18.1 Å². The van der Waals surface area contributed by atoms with Crippen LogP contribution in [0.2, 0.25) is 0 Å². The highest BCUT2D eigenvalue weighted by Crippen LogP contribution is 2.30. The van der Waals surface area contributed by atoms with E-state index in [0.29, 0.717) is 0 Å². The van der Waals surface area contributed by atoms with E-state index >= 15 is 0 Å². The fourth-order valence-electron chi connectivity index (χ4n) is 1.85. The zero-order chi connectivity index (χ0) is 16.2. The van der Waals surface area contributed by atoms with Gasteiger partial charge in [0.25, 0.3) is 0 Å². The van der Waals surface area contributed by atoms with Crippen molar-refractivity contribution in [3.8, 4) is 0 Å². The Bertz CT molecular complexity index is 416. The van der Waals surface area contributed by atoms with E-state index < -0.39 is 48.0 Å². The van der Waals surface area contributed by atoms with Crippen molar-refractivity contribution in [3.05, 3.63) is 0 Å². The van der Waals surface area contributed by atoms with Crippen LogP contribution in [0.5, 0.6) is 0 Å². The number of hydrogen-bond donors (Lipinski definition) is 0. The second-order valence-corrected chi connectivity index (χ2v) is 4.92. The summed E-state index contributed by atoms with van der Waals surface area (Å²) in [7, 11) is 0. The van der Waals surface area contributed by atoms with Crippen molar-refractivity contribution in [1.82, 2.24) is 0 Å². The highest BCUT2D eigenvalue weighted by atomic mass is 35.5. The molecule has 0 radical (unpaired) electrons. The SMILES string of the molecule is CC(=O)OC[C@H]1O[C@H](F)[C@H](Cl)[C@@H](OC(C)=O)[C@@H]1OC(C)=O. The van der Waals surface area contributed by atoms with Gasteiger partial charge in [0.15, 0.2) is 12.2 Å². The lowest BCUT2D eigenvalue weighted by molar-refractivity contribution is -0.232. The van der Waals surface area contributed by atoms with Crippen LogP contribution in [0.25, 0.3) is 0 Å². The van der Waals surface area contributed by atoms with Gasteiger partial charge in [-0.1, -0.05) is 0 Å². The predicted octanol–water partition coefficient (Wildman–Crippen LogP) is 0.715. The lowest BCUT2D eigenvalue weighted by atomic mass is 10.0. The molecule has 1 fully saturated rings. The van der Waals surface area contributed by atoms with Gasteiger partial charge in [0.2, 0.25) is 6.36 Å². The molecule has 0 N–H and O–H groups in total. The Labute approximate surface area is 125 Å². The minimum atomic E-state index is -1.97. The third-order valence-electron chi connectivity index (χ3n) is 2.61. The number of halogens is 2. The van der Waals surface area contributed by atoms with Crippen LogP contribution in [-0.4, -0.2) is 54.6 Å². The molecule has 0 bridgehead atoms. The summed E-state index contributed by atoms with van der Waals surface area (Å²) in [6, 6.07) is 0.